The highest BCUT2D eigenvalue weighted by Crippen LogP contribution is 2.35. The number of carbonyl (C=O) groups excluding carboxylic acids is 1. The average molecular weight is 464 g/mol. The summed E-state index contributed by atoms with van der Waals surface area (Å²) in [6, 6.07) is 7.76. The van der Waals surface area contributed by atoms with Gasteiger partial charge in [0.25, 0.3) is 0 Å². The molecule has 1 N–H and O–H groups in total. The molecule has 11 heteroatoms. The molecule has 8 nitrogen and oxygen atoms in total. The molecule has 1 saturated heterocycles. The Morgan fingerprint density at radius 2 is 1.97 bits per heavy atom. The second-order valence-electron chi connectivity index (χ2n) is 7.20. The van der Waals surface area contributed by atoms with E-state index in [1.807, 2.05) is 0 Å². The van der Waals surface area contributed by atoms with Crippen LogP contribution < -0.4 is 14.8 Å². The van der Waals surface area contributed by atoms with Gasteiger partial charge in [0.1, 0.15) is 25.1 Å². The molecule has 1 fully saturated rings. The highest BCUT2D eigenvalue weighted by molar-refractivity contribution is 7.89. The zero-order valence-corrected chi connectivity index (χ0v) is 17.8. The number of carbonyl (C=O) groups is 1. The zero-order valence-electron chi connectivity index (χ0n) is 16.2. The van der Waals surface area contributed by atoms with Crippen molar-refractivity contribution in [2.75, 3.05) is 25.1 Å². The fourth-order valence-electron chi connectivity index (χ4n) is 3.75. The van der Waals surface area contributed by atoms with E-state index in [0.29, 0.717) is 52.9 Å². The summed E-state index contributed by atoms with van der Waals surface area (Å²) in [7, 11) is -3.92. The number of benzene rings is 2. The minimum atomic E-state index is -3.92. The van der Waals surface area contributed by atoms with Crippen molar-refractivity contribution < 1.29 is 27.1 Å². The van der Waals surface area contributed by atoms with Crippen LogP contribution >= 0.6 is 11.3 Å². The molecule has 1 amide bonds. The van der Waals surface area contributed by atoms with Crippen LogP contribution in [0, 0.1) is 5.82 Å². The summed E-state index contributed by atoms with van der Waals surface area (Å²) in [4.78, 5) is 17.2. The van der Waals surface area contributed by atoms with Gasteiger partial charge in [-0.25, -0.2) is 17.8 Å². The summed E-state index contributed by atoms with van der Waals surface area (Å²) in [5.41, 5.74) is 0.564. The molecule has 2 aliphatic rings. The van der Waals surface area contributed by atoms with Gasteiger partial charge in [-0.1, -0.05) is 11.3 Å². The SMILES string of the molecule is O=C(Nc1nc2ccc(F)cc2s1)C1CCCN1S(=O)(=O)c1ccc2c(c1)OCCO2. The largest absolute Gasteiger partial charge is 0.486 e. The van der Waals surface area contributed by atoms with E-state index >= 15 is 0 Å². The van der Waals surface area contributed by atoms with E-state index < -0.39 is 22.0 Å². The molecule has 162 valence electrons. The average Bonchev–Trinajstić information content (AvgIpc) is 3.40. The van der Waals surface area contributed by atoms with Crippen LogP contribution in [0.2, 0.25) is 0 Å². The van der Waals surface area contributed by atoms with Crippen molar-refractivity contribution in [1.29, 1.82) is 0 Å². The van der Waals surface area contributed by atoms with Crippen LogP contribution in [0.3, 0.4) is 0 Å². The lowest BCUT2D eigenvalue weighted by Crippen LogP contribution is -2.43. The van der Waals surface area contributed by atoms with Crippen LogP contribution in [0.1, 0.15) is 12.8 Å². The summed E-state index contributed by atoms with van der Waals surface area (Å²) >= 11 is 1.14. The van der Waals surface area contributed by atoms with Crippen LogP contribution in [-0.4, -0.2) is 49.4 Å². The highest BCUT2D eigenvalue weighted by atomic mass is 32.2. The third kappa shape index (κ3) is 3.73. The first kappa shape index (κ1) is 20.2. The second-order valence-corrected chi connectivity index (χ2v) is 10.1. The molecule has 2 aromatic carbocycles. The predicted octanol–water partition coefficient (Wildman–Crippen LogP) is 3.00. The Balaban J connectivity index is 1.38. The van der Waals surface area contributed by atoms with Crippen molar-refractivity contribution in [2.45, 2.75) is 23.8 Å². The number of ether oxygens (including phenoxy) is 2. The van der Waals surface area contributed by atoms with Crippen LogP contribution in [0.15, 0.2) is 41.3 Å². The summed E-state index contributed by atoms with van der Waals surface area (Å²) in [5.74, 6) is 0.0158. The summed E-state index contributed by atoms with van der Waals surface area (Å²) in [6.45, 7) is 0.989. The lowest BCUT2D eigenvalue weighted by atomic mass is 10.2. The van der Waals surface area contributed by atoms with Gasteiger partial charge in [0.15, 0.2) is 16.6 Å². The van der Waals surface area contributed by atoms with Crippen LogP contribution in [-0.2, 0) is 14.8 Å². The standard InChI is InChI=1S/C20H18FN3O5S2/c21-12-3-5-14-18(10-12)30-20(22-14)23-19(25)15-2-1-7-24(15)31(26,27)13-4-6-16-17(11-13)29-9-8-28-16/h3-6,10-11,15H,1-2,7-9H2,(H,22,23,25). The van der Waals surface area contributed by atoms with E-state index in [4.69, 9.17) is 9.47 Å². The molecule has 3 aromatic rings. The molecule has 1 aromatic heterocycles. The van der Waals surface area contributed by atoms with Crippen molar-refractivity contribution in [3.63, 3.8) is 0 Å². The van der Waals surface area contributed by atoms with E-state index in [1.54, 1.807) is 6.07 Å². The number of hydrogen-bond acceptors (Lipinski definition) is 7. The first-order valence-electron chi connectivity index (χ1n) is 9.70. The van der Waals surface area contributed by atoms with Gasteiger partial charge in [0.05, 0.1) is 15.1 Å². The van der Waals surface area contributed by atoms with E-state index in [-0.39, 0.29) is 17.3 Å². The minimum absolute atomic E-state index is 0.0481. The number of hydrogen-bond donors (Lipinski definition) is 1. The molecular weight excluding hydrogens is 445 g/mol. The van der Waals surface area contributed by atoms with Crippen LogP contribution in [0.5, 0.6) is 11.5 Å². The van der Waals surface area contributed by atoms with Gasteiger partial charge in [-0.3, -0.25) is 4.79 Å². The molecule has 1 atom stereocenters. The second kappa shape index (κ2) is 7.74. The first-order valence-corrected chi connectivity index (χ1v) is 12.0. The number of fused-ring (bicyclic) bond motifs is 2. The zero-order chi connectivity index (χ0) is 21.6. The number of anilines is 1. The maximum absolute atomic E-state index is 13.4. The number of nitrogens with zero attached hydrogens (tertiary/aromatic N) is 2. The Morgan fingerprint density at radius 1 is 1.16 bits per heavy atom. The fraction of sp³-hybridized carbons (Fsp3) is 0.300. The number of rotatable bonds is 4. The van der Waals surface area contributed by atoms with Crippen molar-refractivity contribution in [2.24, 2.45) is 0 Å². The molecule has 3 heterocycles. The summed E-state index contributed by atoms with van der Waals surface area (Å²) in [6.07, 6.45) is 0.960. The molecule has 2 aliphatic heterocycles. The van der Waals surface area contributed by atoms with Gasteiger partial charge in [0, 0.05) is 12.6 Å². The summed E-state index contributed by atoms with van der Waals surface area (Å²) < 4.78 is 52.7. The number of aromatic nitrogens is 1. The van der Waals surface area contributed by atoms with Crippen molar-refractivity contribution in [1.82, 2.24) is 9.29 Å². The summed E-state index contributed by atoms with van der Waals surface area (Å²) in [5, 5.41) is 2.99. The van der Waals surface area contributed by atoms with Crippen LogP contribution in [0.4, 0.5) is 9.52 Å². The molecule has 0 radical (unpaired) electrons. The van der Waals surface area contributed by atoms with E-state index in [2.05, 4.69) is 10.3 Å². The molecule has 0 bridgehead atoms. The number of halogens is 1. The molecule has 31 heavy (non-hydrogen) atoms. The maximum atomic E-state index is 13.4. The number of thiazole rings is 1. The smallest absolute Gasteiger partial charge is 0.244 e. The Hall–Kier alpha value is -2.76. The Morgan fingerprint density at radius 3 is 2.81 bits per heavy atom. The van der Waals surface area contributed by atoms with Gasteiger partial charge < -0.3 is 14.8 Å². The third-order valence-electron chi connectivity index (χ3n) is 5.21. The van der Waals surface area contributed by atoms with Crippen LogP contribution in [0.25, 0.3) is 10.2 Å². The molecule has 5 rings (SSSR count). The monoisotopic (exact) mass is 463 g/mol. The topological polar surface area (TPSA) is 97.8 Å². The number of sulfonamides is 1. The third-order valence-corrected chi connectivity index (χ3v) is 8.04. The van der Waals surface area contributed by atoms with Gasteiger partial charge in [-0.05, 0) is 43.2 Å². The Labute approximate surface area is 181 Å². The van der Waals surface area contributed by atoms with E-state index in [0.717, 1.165) is 11.3 Å². The normalized spacial score (nSPS) is 18.9. The first-order chi connectivity index (χ1) is 14.9. The van der Waals surface area contributed by atoms with E-state index in [1.165, 1.54) is 34.6 Å². The minimum Gasteiger partial charge on any atom is -0.486 e. The molecule has 1 unspecified atom stereocenters. The van der Waals surface area contributed by atoms with Crippen molar-refractivity contribution in [3.8, 4) is 11.5 Å². The number of amides is 1. The Kier molecular flexibility index (Phi) is 5.03. The Bertz CT molecular complexity index is 1280. The van der Waals surface area contributed by atoms with Gasteiger partial charge in [0.2, 0.25) is 15.9 Å². The predicted molar refractivity (Wildman–Crippen MR) is 113 cm³/mol. The lowest BCUT2D eigenvalue weighted by molar-refractivity contribution is -0.119. The highest BCUT2D eigenvalue weighted by Gasteiger charge is 2.40. The maximum Gasteiger partial charge on any atom is 0.244 e. The number of nitrogens with one attached hydrogen (secondary N) is 1. The molecule has 0 spiro atoms. The lowest BCUT2D eigenvalue weighted by Gasteiger charge is -2.24. The van der Waals surface area contributed by atoms with Crippen molar-refractivity contribution >= 4 is 42.6 Å². The molecular formula is C20H18FN3O5S2. The fourth-order valence-corrected chi connectivity index (χ4v) is 6.32. The van der Waals surface area contributed by atoms with Gasteiger partial charge in [-0.2, -0.15) is 4.31 Å². The molecule has 0 aliphatic carbocycles. The van der Waals surface area contributed by atoms with Gasteiger partial charge in [-0.15, -0.1) is 0 Å². The van der Waals surface area contributed by atoms with Crippen molar-refractivity contribution in [3.05, 3.63) is 42.2 Å². The molecule has 0 saturated carbocycles. The van der Waals surface area contributed by atoms with Gasteiger partial charge >= 0.3 is 0 Å². The van der Waals surface area contributed by atoms with E-state index in [9.17, 15) is 17.6 Å². The quantitative estimate of drug-likeness (QED) is 0.639.